The molecule has 1 aliphatic heterocycles. The number of thiophene rings is 2. The van der Waals surface area contributed by atoms with Gasteiger partial charge in [-0.1, -0.05) is 0 Å². The number of hydrogen-bond acceptors (Lipinski definition) is 6. The van der Waals surface area contributed by atoms with E-state index in [-0.39, 0.29) is 24.0 Å². The maximum absolute atomic E-state index is 4.58. The number of aliphatic imine (C=N–C) groups is 1. The van der Waals surface area contributed by atoms with Gasteiger partial charge in [0.1, 0.15) is 0 Å². The van der Waals surface area contributed by atoms with Crippen LogP contribution in [0.2, 0.25) is 0 Å². The number of guanidine groups is 1. The maximum atomic E-state index is 4.58. The first-order chi connectivity index (χ1) is 14.2. The van der Waals surface area contributed by atoms with E-state index in [1.807, 2.05) is 29.7 Å². The Morgan fingerprint density at radius 2 is 2.07 bits per heavy atom. The molecule has 3 aromatic rings. The van der Waals surface area contributed by atoms with E-state index in [1.165, 1.54) is 14.8 Å². The van der Waals surface area contributed by atoms with Gasteiger partial charge in [-0.25, -0.2) is 4.98 Å². The molecule has 0 aromatic carbocycles. The van der Waals surface area contributed by atoms with Crippen LogP contribution in [-0.4, -0.2) is 43.7 Å². The third-order valence-electron chi connectivity index (χ3n) is 5.07. The molecule has 2 N–H and O–H groups in total. The van der Waals surface area contributed by atoms with Crippen LogP contribution in [0.3, 0.4) is 0 Å². The molecule has 0 aliphatic carbocycles. The smallest absolute Gasteiger partial charge is 0.191 e. The monoisotopic (exact) mass is 573 g/mol. The molecule has 0 saturated carbocycles. The summed E-state index contributed by atoms with van der Waals surface area (Å²) in [6.45, 7) is 5.13. The minimum absolute atomic E-state index is 0. The lowest BCUT2D eigenvalue weighted by atomic mass is 10.1. The van der Waals surface area contributed by atoms with Crippen LogP contribution in [0.5, 0.6) is 0 Å². The molecule has 1 saturated heterocycles. The van der Waals surface area contributed by atoms with Crippen molar-refractivity contribution in [2.45, 2.75) is 32.2 Å². The highest BCUT2D eigenvalue weighted by molar-refractivity contribution is 14.0. The van der Waals surface area contributed by atoms with Crippen molar-refractivity contribution in [3.05, 3.63) is 44.9 Å². The van der Waals surface area contributed by atoms with E-state index in [1.54, 1.807) is 11.3 Å². The van der Waals surface area contributed by atoms with Gasteiger partial charge >= 0.3 is 0 Å². The molecule has 5 nitrogen and oxygen atoms in total. The molecule has 4 rings (SSSR count). The minimum Gasteiger partial charge on any atom is -0.363 e. The van der Waals surface area contributed by atoms with Crippen molar-refractivity contribution >= 4 is 68.9 Å². The Balaban J connectivity index is 0.00000256. The Morgan fingerprint density at radius 3 is 2.73 bits per heavy atom. The zero-order chi connectivity index (χ0) is 20.1. The third kappa shape index (κ3) is 6.18. The summed E-state index contributed by atoms with van der Waals surface area (Å²) >= 11 is 5.36. The molecule has 9 heteroatoms. The van der Waals surface area contributed by atoms with Crippen molar-refractivity contribution in [3.63, 3.8) is 0 Å². The highest BCUT2D eigenvalue weighted by atomic mass is 127. The number of anilines is 1. The lowest BCUT2D eigenvalue weighted by molar-refractivity contribution is 0.463. The number of thiazole rings is 1. The first-order valence-corrected chi connectivity index (χ1v) is 12.6. The number of halogens is 1. The minimum atomic E-state index is 0. The summed E-state index contributed by atoms with van der Waals surface area (Å²) in [5.41, 5.74) is 1.10. The fourth-order valence-electron chi connectivity index (χ4n) is 3.51. The Hall–Kier alpha value is -1.17. The molecule has 1 aliphatic rings. The van der Waals surface area contributed by atoms with Gasteiger partial charge in [-0.2, -0.15) is 0 Å². The molecule has 0 radical (unpaired) electrons. The van der Waals surface area contributed by atoms with Gasteiger partial charge in [0.25, 0.3) is 0 Å². The summed E-state index contributed by atoms with van der Waals surface area (Å²) in [6.07, 6.45) is 3.27. The molecule has 0 unspecified atom stereocenters. The van der Waals surface area contributed by atoms with Crippen LogP contribution in [0.4, 0.5) is 5.00 Å². The second-order valence-corrected chi connectivity index (χ2v) is 10.3. The number of aryl methyl sites for hydroxylation is 1. The summed E-state index contributed by atoms with van der Waals surface area (Å²) in [4.78, 5) is 14.1. The lowest BCUT2D eigenvalue weighted by Crippen LogP contribution is -2.49. The number of piperidine rings is 1. The van der Waals surface area contributed by atoms with Gasteiger partial charge in [0, 0.05) is 43.0 Å². The number of aromatic nitrogens is 1. The van der Waals surface area contributed by atoms with Crippen molar-refractivity contribution in [1.82, 2.24) is 15.6 Å². The zero-order valence-corrected chi connectivity index (χ0v) is 22.0. The SMILES string of the molecule is CN=C(NCCc1ccc(-c2csc(C)n2)s1)NC1CCN(c2cccs2)CC1.I. The highest BCUT2D eigenvalue weighted by Crippen LogP contribution is 2.29. The molecule has 0 spiro atoms. The summed E-state index contributed by atoms with van der Waals surface area (Å²) in [7, 11) is 1.85. The van der Waals surface area contributed by atoms with E-state index < -0.39 is 0 Å². The summed E-state index contributed by atoms with van der Waals surface area (Å²) in [6, 6.07) is 9.23. The van der Waals surface area contributed by atoms with Crippen LogP contribution in [0, 0.1) is 6.92 Å². The van der Waals surface area contributed by atoms with E-state index in [0.717, 1.165) is 55.6 Å². The van der Waals surface area contributed by atoms with Crippen molar-refractivity contribution < 1.29 is 0 Å². The maximum Gasteiger partial charge on any atom is 0.191 e. The summed E-state index contributed by atoms with van der Waals surface area (Å²) in [5, 5.41) is 13.9. The Labute approximate surface area is 207 Å². The quantitative estimate of drug-likeness (QED) is 0.241. The molecule has 0 amide bonds. The average molecular weight is 574 g/mol. The van der Waals surface area contributed by atoms with Gasteiger partial charge in [-0.3, -0.25) is 4.99 Å². The Kier molecular flexibility index (Phi) is 8.97. The number of nitrogens with one attached hydrogen (secondary N) is 2. The van der Waals surface area contributed by atoms with E-state index in [0.29, 0.717) is 6.04 Å². The molecule has 30 heavy (non-hydrogen) atoms. The fraction of sp³-hybridized carbons (Fsp3) is 0.429. The van der Waals surface area contributed by atoms with Crippen LogP contribution in [0.1, 0.15) is 22.7 Å². The second-order valence-electron chi connectivity index (χ2n) is 7.12. The molecule has 3 aromatic heterocycles. The molecular formula is C21H28IN5S3. The van der Waals surface area contributed by atoms with Gasteiger partial charge < -0.3 is 15.5 Å². The predicted octanol–water partition coefficient (Wildman–Crippen LogP) is 5.24. The highest BCUT2D eigenvalue weighted by Gasteiger charge is 2.20. The zero-order valence-electron chi connectivity index (χ0n) is 17.3. The molecule has 4 heterocycles. The fourth-order valence-corrected chi connectivity index (χ4v) is 5.95. The normalized spacial score (nSPS) is 15.1. The van der Waals surface area contributed by atoms with E-state index in [2.05, 4.69) is 67.5 Å². The average Bonchev–Trinajstić information content (AvgIpc) is 3.49. The van der Waals surface area contributed by atoms with Crippen LogP contribution in [0.25, 0.3) is 10.6 Å². The van der Waals surface area contributed by atoms with E-state index in [4.69, 9.17) is 0 Å². The van der Waals surface area contributed by atoms with Crippen LogP contribution in [-0.2, 0) is 6.42 Å². The van der Waals surface area contributed by atoms with Gasteiger partial charge in [-0.15, -0.1) is 58.0 Å². The van der Waals surface area contributed by atoms with Crippen molar-refractivity contribution in [3.8, 4) is 10.6 Å². The molecule has 162 valence electrons. The lowest BCUT2D eigenvalue weighted by Gasteiger charge is -2.33. The van der Waals surface area contributed by atoms with Crippen molar-refractivity contribution in [1.29, 1.82) is 0 Å². The first-order valence-electron chi connectivity index (χ1n) is 9.98. The Bertz CT molecular complexity index is 926. The standard InChI is InChI=1S/C21H27N5S3.HI/c1-15-24-18(14-28-15)19-6-5-17(29-19)7-10-23-21(22-2)25-16-8-11-26(12-9-16)20-4-3-13-27-20;/h3-6,13-14,16H,7-12H2,1-2H3,(H2,22,23,25);1H. The largest absolute Gasteiger partial charge is 0.363 e. The summed E-state index contributed by atoms with van der Waals surface area (Å²) in [5.74, 6) is 0.909. The van der Waals surface area contributed by atoms with Crippen LogP contribution >= 0.6 is 58.0 Å². The van der Waals surface area contributed by atoms with Crippen molar-refractivity contribution in [2.24, 2.45) is 4.99 Å². The summed E-state index contributed by atoms with van der Waals surface area (Å²) < 4.78 is 0. The second kappa shape index (κ2) is 11.4. The molecule has 1 fully saturated rings. The molecule has 0 atom stereocenters. The number of hydrogen-bond donors (Lipinski definition) is 2. The van der Waals surface area contributed by atoms with Crippen LogP contribution in [0.15, 0.2) is 40.0 Å². The van der Waals surface area contributed by atoms with E-state index in [9.17, 15) is 0 Å². The molecular weight excluding hydrogens is 545 g/mol. The number of nitrogens with zero attached hydrogens (tertiary/aromatic N) is 3. The molecule has 0 bridgehead atoms. The van der Waals surface area contributed by atoms with E-state index >= 15 is 0 Å². The number of rotatable bonds is 6. The van der Waals surface area contributed by atoms with Gasteiger partial charge in [0.05, 0.1) is 20.6 Å². The van der Waals surface area contributed by atoms with Crippen LogP contribution < -0.4 is 15.5 Å². The third-order valence-corrected chi connectivity index (χ3v) is 7.94. The van der Waals surface area contributed by atoms with Gasteiger partial charge in [0.15, 0.2) is 5.96 Å². The first kappa shape index (κ1) is 23.5. The predicted molar refractivity (Wildman–Crippen MR) is 143 cm³/mol. The Morgan fingerprint density at radius 1 is 1.23 bits per heavy atom. The van der Waals surface area contributed by atoms with Gasteiger partial charge in [0.2, 0.25) is 0 Å². The van der Waals surface area contributed by atoms with Crippen molar-refractivity contribution in [2.75, 3.05) is 31.6 Å². The van der Waals surface area contributed by atoms with Gasteiger partial charge in [-0.05, 0) is 55.8 Å². The topological polar surface area (TPSA) is 52.6 Å².